The van der Waals surface area contributed by atoms with Gasteiger partial charge < -0.3 is 10.1 Å². The van der Waals surface area contributed by atoms with Crippen LogP contribution in [0.5, 0.6) is 0 Å². The van der Waals surface area contributed by atoms with Crippen molar-refractivity contribution in [3.05, 3.63) is 77.0 Å². The van der Waals surface area contributed by atoms with Gasteiger partial charge in [0.25, 0.3) is 5.91 Å². The summed E-state index contributed by atoms with van der Waals surface area (Å²) in [6.07, 6.45) is 1.47. The molecule has 0 fully saturated rings. The highest BCUT2D eigenvalue weighted by atomic mass is 16.5. The van der Waals surface area contributed by atoms with E-state index in [4.69, 9.17) is 10.00 Å². The third-order valence-electron chi connectivity index (χ3n) is 3.02. The molecule has 5 nitrogen and oxygen atoms in total. The van der Waals surface area contributed by atoms with Gasteiger partial charge in [-0.15, -0.1) is 0 Å². The van der Waals surface area contributed by atoms with E-state index in [0.717, 1.165) is 0 Å². The lowest BCUT2D eigenvalue weighted by molar-refractivity contribution is -0.136. The average molecular weight is 306 g/mol. The van der Waals surface area contributed by atoms with Crippen LogP contribution in [0.4, 0.5) is 0 Å². The number of rotatable bonds is 4. The van der Waals surface area contributed by atoms with Gasteiger partial charge in [-0.3, -0.25) is 4.79 Å². The lowest BCUT2D eigenvalue weighted by Gasteiger charge is -2.08. The van der Waals surface area contributed by atoms with Crippen molar-refractivity contribution in [1.82, 2.24) is 5.32 Å². The van der Waals surface area contributed by atoms with Crippen LogP contribution in [0.25, 0.3) is 6.08 Å². The molecule has 0 bridgehead atoms. The predicted molar refractivity (Wildman–Crippen MR) is 85.1 cm³/mol. The Hall–Kier alpha value is -3.39. The molecule has 1 amide bonds. The van der Waals surface area contributed by atoms with Gasteiger partial charge in [-0.2, -0.15) is 5.26 Å². The van der Waals surface area contributed by atoms with Crippen LogP contribution in [0.15, 0.2) is 60.3 Å². The first kappa shape index (κ1) is 16.0. The largest absolute Gasteiger partial charge is 0.464 e. The smallest absolute Gasteiger partial charge is 0.354 e. The Balaban J connectivity index is 2.30. The zero-order valence-corrected chi connectivity index (χ0v) is 12.4. The summed E-state index contributed by atoms with van der Waals surface area (Å²) in [4.78, 5) is 24.0. The molecule has 1 N–H and O–H groups in total. The highest BCUT2D eigenvalue weighted by Crippen LogP contribution is 2.10. The Morgan fingerprint density at radius 1 is 1.13 bits per heavy atom. The molecule has 0 radical (unpaired) electrons. The second-order valence-electron chi connectivity index (χ2n) is 4.61. The fourth-order valence-electron chi connectivity index (χ4n) is 1.90. The van der Waals surface area contributed by atoms with Crippen molar-refractivity contribution in [3.63, 3.8) is 0 Å². The minimum atomic E-state index is -0.670. The van der Waals surface area contributed by atoms with Crippen molar-refractivity contribution in [3.8, 4) is 6.07 Å². The number of methoxy groups -OCH3 is 1. The molecule has 0 aromatic heterocycles. The molecule has 0 unspecified atom stereocenters. The number of esters is 1. The number of carbonyl (C=O) groups is 2. The molecule has 5 heteroatoms. The Bertz CT molecular complexity index is 789. The summed E-state index contributed by atoms with van der Waals surface area (Å²) in [6, 6.07) is 17.2. The van der Waals surface area contributed by atoms with Gasteiger partial charge in [0.2, 0.25) is 0 Å². The maximum Gasteiger partial charge on any atom is 0.354 e. The molecular weight excluding hydrogens is 292 g/mol. The molecule has 2 aromatic carbocycles. The molecule has 2 rings (SSSR count). The van der Waals surface area contributed by atoms with Crippen LogP contribution >= 0.6 is 0 Å². The number of nitrogens with zero attached hydrogens (tertiary/aromatic N) is 1. The number of amides is 1. The number of nitrogens with one attached hydrogen (secondary N) is 1. The highest BCUT2D eigenvalue weighted by molar-refractivity contribution is 6.03. The first-order chi connectivity index (χ1) is 11.1. The second kappa shape index (κ2) is 7.57. The van der Waals surface area contributed by atoms with E-state index in [1.807, 2.05) is 6.07 Å². The fourth-order valence-corrected chi connectivity index (χ4v) is 1.90. The topological polar surface area (TPSA) is 79.2 Å². The van der Waals surface area contributed by atoms with Gasteiger partial charge in [0, 0.05) is 5.56 Å². The lowest BCUT2D eigenvalue weighted by Crippen LogP contribution is -2.28. The van der Waals surface area contributed by atoms with E-state index in [0.29, 0.717) is 16.7 Å². The van der Waals surface area contributed by atoms with Crippen molar-refractivity contribution in [2.24, 2.45) is 0 Å². The first-order valence-electron chi connectivity index (χ1n) is 6.80. The van der Waals surface area contributed by atoms with Gasteiger partial charge in [-0.25, -0.2) is 4.79 Å². The number of carbonyl (C=O) groups excluding carboxylic acids is 2. The standard InChI is InChI=1S/C18H14N2O3/c1-23-18(22)16(11-13-6-5-7-14(10-13)12-19)20-17(21)15-8-3-2-4-9-15/h2-11H,1H3,(H,20,21). The Labute approximate surface area is 133 Å². The average Bonchev–Trinajstić information content (AvgIpc) is 2.61. The van der Waals surface area contributed by atoms with E-state index in [9.17, 15) is 9.59 Å². The minimum Gasteiger partial charge on any atom is -0.464 e. The van der Waals surface area contributed by atoms with Crippen LogP contribution in [-0.4, -0.2) is 19.0 Å². The van der Waals surface area contributed by atoms with Crippen LogP contribution in [0.3, 0.4) is 0 Å². The molecule has 114 valence electrons. The number of ether oxygens (including phenoxy) is 1. The van der Waals surface area contributed by atoms with E-state index in [2.05, 4.69) is 5.32 Å². The van der Waals surface area contributed by atoms with E-state index in [1.165, 1.54) is 13.2 Å². The molecular formula is C18H14N2O3. The number of hydrogen-bond donors (Lipinski definition) is 1. The summed E-state index contributed by atoms with van der Waals surface area (Å²) < 4.78 is 4.69. The second-order valence-corrected chi connectivity index (χ2v) is 4.61. The van der Waals surface area contributed by atoms with E-state index >= 15 is 0 Å². The summed E-state index contributed by atoms with van der Waals surface area (Å²) in [5.74, 6) is -1.09. The maximum absolute atomic E-state index is 12.2. The van der Waals surface area contributed by atoms with E-state index in [-0.39, 0.29) is 5.70 Å². The van der Waals surface area contributed by atoms with Gasteiger partial charge in [0.05, 0.1) is 18.7 Å². The molecule has 0 aliphatic rings. The first-order valence-corrected chi connectivity index (χ1v) is 6.80. The van der Waals surface area contributed by atoms with Gasteiger partial charge in [-0.1, -0.05) is 30.3 Å². The van der Waals surface area contributed by atoms with Crippen LogP contribution in [0.1, 0.15) is 21.5 Å². The van der Waals surface area contributed by atoms with Crippen molar-refractivity contribution >= 4 is 18.0 Å². The molecule has 2 aromatic rings. The maximum atomic E-state index is 12.2. The quantitative estimate of drug-likeness (QED) is 0.695. The summed E-state index contributed by atoms with van der Waals surface area (Å²) in [5, 5.41) is 11.4. The minimum absolute atomic E-state index is 0.00329. The van der Waals surface area contributed by atoms with Gasteiger partial charge in [0.15, 0.2) is 0 Å². The zero-order valence-electron chi connectivity index (χ0n) is 12.4. The van der Waals surface area contributed by atoms with Crippen molar-refractivity contribution in [2.75, 3.05) is 7.11 Å². The number of nitriles is 1. The van der Waals surface area contributed by atoms with Crippen molar-refractivity contribution < 1.29 is 14.3 Å². The molecule has 23 heavy (non-hydrogen) atoms. The predicted octanol–water partition coefficient (Wildman–Crippen LogP) is 2.50. The SMILES string of the molecule is COC(=O)C(=Cc1cccc(C#N)c1)NC(=O)c1ccccc1. The van der Waals surface area contributed by atoms with Gasteiger partial charge >= 0.3 is 5.97 Å². The molecule has 0 heterocycles. The molecule has 0 aliphatic carbocycles. The number of benzene rings is 2. The molecule has 0 saturated carbocycles. The monoisotopic (exact) mass is 306 g/mol. The zero-order chi connectivity index (χ0) is 16.7. The van der Waals surface area contributed by atoms with Crippen molar-refractivity contribution in [2.45, 2.75) is 0 Å². The number of hydrogen-bond acceptors (Lipinski definition) is 4. The highest BCUT2D eigenvalue weighted by Gasteiger charge is 2.14. The van der Waals surface area contributed by atoms with Crippen LogP contribution < -0.4 is 5.32 Å². The molecule has 0 aliphatic heterocycles. The Kier molecular flexibility index (Phi) is 5.26. The lowest BCUT2D eigenvalue weighted by atomic mass is 10.1. The Morgan fingerprint density at radius 3 is 2.52 bits per heavy atom. The molecule has 0 spiro atoms. The van der Waals surface area contributed by atoms with Crippen LogP contribution in [0.2, 0.25) is 0 Å². The molecule has 0 saturated heterocycles. The van der Waals surface area contributed by atoms with Gasteiger partial charge in [0.1, 0.15) is 5.70 Å². The third kappa shape index (κ3) is 4.29. The van der Waals surface area contributed by atoms with Crippen molar-refractivity contribution in [1.29, 1.82) is 5.26 Å². The molecule has 0 atom stereocenters. The summed E-state index contributed by atoms with van der Waals surface area (Å²) in [7, 11) is 1.23. The normalized spacial score (nSPS) is 10.5. The summed E-state index contributed by atoms with van der Waals surface area (Å²) in [6.45, 7) is 0. The van der Waals surface area contributed by atoms with Crippen LogP contribution in [0, 0.1) is 11.3 Å². The third-order valence-corrected chi connectivity index (χ3v) is 3.02. The van der Waals surface area contributed by atoms with Crippen LogP contribution in [-0.2, 0) is 9.53 Å². The fraction of sp³-hybridized carbons (Fsp3) is 0.0556. The van der Waals surface area contributed by atoms with E-state index in [1.54, 1.807) is 54.6 Å². The van der Waals surface area contributed by atoms with Gasteiger partial charge in [-0.05, 0) is 35.9 Å². The Morgan fingerprint density at radius 2 is 1.87 bits per heavy atom. The summed E-state index contributed by atoms with van der Waals surface area (Å²) in [5.41, 5.74) is 1.49. The van der Waals surface area contributed by atoms with E-state index < -0.39 is 11.9 Å². The summed E-state index contributed by atoms with van der Waals surface area (Å²) >= 11 is 0.